The maximum Gasteiger partial charge on any atom is 0.193 e. The Morgan fingerprint density at radius 3 is 2.62 bits per heavy atom. The molecule has 29 heavy (non-hydrogen) atoms. The standard InChI is InChI=1S/C21H29ClN6.HI/c1-23-21(27(3)16-18-5-4-6-19(22)13-18)25-15-17-7-8-24-20(14-17)28-11-9-26(2)10-12-28;/h4-8,13-14H,9-12,15-16H2,1-3H3,(H,23,25);1H. The highest BCUT2D eigenvalue weighted by molar-refractivity contribution is 14.0. The summed E-state index contributed by atoms with van der Waals surface area (Å²) in [6.45, 7) is 5.63. The van der Waals surface area contributed by atoms with Gasteiger partial charge in [0.05, 0.1) is 0 Å². The van der Waals surface area contributed by atoms with E-state index in [-0.39, 0.29) is 24.0 Å². The van der Waals surface area contributed by atoms with Crippen LogP contribution in [0.5, 0.6) is 0 Å². The van der Waals surface area contributed by atoms with E-state index in [0.29, 0.717) is 6.54 Å². The first-order valence-electron chi connectivity index (χ1n) is 9.60. The molecule has 3 rings (SSSR count). The molecule has 0 radical (unpaired) electrons. The Morgan fingerprint density at radius 2 is 1.93 bits per heavy atom. The Balaban J connectivity index is 0.00000300. The molecule has 158 valence electrons. The van der Waals surface area contributed by atoms with Crippen LogP contribution in [0.3, 0.4) is 0 Å². The first kappa shape index (κ1) is 23.7. The molecular formula is C21H30ClIN6. The molecule has 0 spiro atoms. The molecule has 8 heteroatoms. The highest BCUT2D eigenvalue weighted by Crippen LogP contribution is 2.15. The van der Waals surface area contributed by atoms with Crippen LogP contribution in [0.25, 0.3) is 0 Å². The summed E-state index contributed by atoms with van der Waals surface area (Å²) < 4.78 is 0. The van der Waals surface area contributed by atoms with Crippen molar-refractivity contribution in [3.8, 4) is 0 Å². The molecule has 2 heterocycles. The molecule has 1 N–H and O–H groups in total. The van der Waals surface area contributed by atoms with E-state index in [2.05, 4.69) is 55.2 Å². The molecule has 0 unspecified atom stereocenters. The molecular weight excluding hydrogens is 499 g/mol. The second-order valence-electron chi connectivity index (χ2n) is 7.20. The molecule has 0 atom stereocenters. The lowest BCUT2D eigenvalue weighted by molar-refractivity contribution is 0.312. The summed E-state index contributed by atoms with van der Waals surface area (Å²) in [5.41, 5.74) is 2.35. The lowest BCUT2D eigenvalue weighted by Gasteiger charge is -2.33. The Morgan fingerprint density at radius 1 is 1.17 bits per heavy atom. The number of piperazine rings is 1. The van der Waals surface area contributed by atoms with Crippen molar-refractivity contribution in [3.63, 3.8) is 0 Å². The van der Waals surface area contributed by atoms with Gasteiger partial charge in [-0.3, -0.25) is 4.99 Å². The van der Waals surface area contributed by atoms with Gasteiger partial charge in [-0.05, 0) is 42.4 Å². The van der Waals surface area contributed by atoms with Gasteiger partial charge in [-0.15, -0.1) is 24.0 Å². The van der Waals surface area contributed by atoms with Crippen LogP contribution in [0.1, 0.15) is 11.1 Å². The molecule has 1 aromatic heterocycles. The summed E-state index contributed by atoms with van der Waals surface area (Å²) in [4.78, 5) is 15.8. The first-order valence-corrected chi connectivity index (χ1v) is 9.97. The quantitative estimate of drug-likeness (QED) is 0.367. The maximum atomic E-state index is 6.09. The number of guanidine groups is 1. The van der Waals surface area contributed by atoms with E-state index in [1.54, 1.807) is 7.05 Å². The maximum absolute atomic E-state index is 6.09. The number of nitrogens with zero attached hydrogens (tertiary/aromatic N) is 5. The van der Waals surface area contributed by atoms with Crippen molar-refractivity contribution < 1.29 is 0 Å². The van der Waals surface area contributed by atoms with Crippen molar-refractivity contribution in [2.75, 3.05) is 52.2 Å². The predicted molar refractivity (Wildman–Crippen MR) is 132 cm³/mol. The van der Waals surface area contributed by atoms with E-state index >= 15 is 0 Å². The van der Waals surface area contributed by atoms with Crippen molar-refractivity contribution in [2.24, 2.45) is 4.99 Å². The lowest BCUT2D eigenvalue weighted by atomic mass is 10.2. The number of pyridine rings is 1. The van der Waals surface area contributed by atoms with Crippen LogP contribution >= 0.6 is 35.6 Å². The minimum absolute atomic E-state index is 0. The van der Waals surface area contributed by atoms with Crippen LogP contribution < -0.4 is 10.2 Å². The smallest absolute Gasteiger partial charge is 0.193 e. The second-order valence-corrected chi connectivity index (χ2v) is 7.64. The molecule has 6 nitrogen and oxygen atoms in total. The normalized spacial score (nSPS) is 15.0. The Kier molecular flexibility index (Phi) is 9.45. The minimum atomic E-state index is 0. The van der Waals surface area contributed by atoms with Gasteiger partial charge >= 0.3 is 0 Å². The summed E-state index contributed by atoms with van der Waals surface area (Å²) in [5.74, 6) is 1.90. The molecule has 0 amide bonds. The lowest BCUT2D eigenvalue weighted by Crippen LogP contribution is -2.44. The van der Waals surface area contributed by atoms with E-state index in [1.165, 1.54) is 5.56 Å². The number of likely N-dealkylation sites (N-methyl/N-ethyl adjacent to an activating group) is 1. The highest BCUT2D eigenvalue weighted by Gasteiger charge is 2.15. The van der Waals surface area contributed by atoms with Crippen LogP contribution in [-0.4, -0.2) is 68.1 Å². The Hall–Kier alpha value is -1.58. The van der Waals surface area contributed by atoms with Gasteiger partial charge in [0.15, 0.2) is 5.96 Å². The van der Waals surface area contributed by atoms with E-state index in [0.717, 1.165) is 55.1 Å². The monoisotopic (exact) mass is 528 g/mol. The number of halogens is 2. The van der Waals surface area contributed by atoms with Gasteiger partial charge in [-0.1, -0.05) is 23.7 Å². The van der Waals surface area contributed by atoms with Gasteiger partial charge in [-0.25, -0.2) is 4.98 Å². The number of nitrogens with one attached hydrogen (secondary N) is 1. The zero-order valence-corrected chi connectivity index (χ0v) is 20.4. The third kappa shape index (κ3) is 7.01. The first-order chi connectivity index (χ1) is 13.5. The zero-order valence-electron chi connectivity index (χ0n) is 17.3. The Bertz CT molecular complexity index is 807. The van der Waals surface area contributed by atoms with Crippen LogP contribution in [0.4, 0.5) is 5.82 Å². The van der Waals surface area contributed by atoms with E-state index in [1.807, 2.05) is 31.4 Å². The Labute approximate surface area is 196 Å². The van der Waals surface area contributed by atoms with Crippen molar-refractivity contribution in [3.05, 3.63) is 58.7 Å². The van der Waals surface area contributed by atoms with Crippen LogP contribution in [0.2, 0.25) is 5.02 Å². The molecule has 0 saturated carbocycles. The van der Waals surface area contributed by atoms with Crippen molar-refractivity contribution >= 4 is 47.4 Å². The molecule has 1 fully saturated rings. The molecule has 0 bridgehead atoms. The third-order valence-electron chi connectivity index (χ3n) is 4.97. The average molecular weight is 529 g/mol. The number of benzene rings is 1. The van der Waals surface area contributed by atoms with Crippen LogP contribution in [-0.2, 0) is 13.1 Å². The van der Waals surface area contributed by atoms with Gasteiger partial charge in [-0.2, -0.15) is 0 Å². The van der Waals surface area contributed by atoms with Crippen molar-refractivity contribution in [2.45, 2.75) is 13.1 Å². The topological polar surface area (TPSA) is 47.0 Å². The van der Waals surface area contributed by atoms with Gasteiger partial charge in [0.1, 0.15) is 5.82 Å². The van der Waals surface area contributed by atoms with Gasteiger partial charge in [0.2, 0.25) is 0 Å². The number of rotatable bonds is 5. The molecule has 2 aromatic rings. The number of hydrogen-bond acceptors (Lipinski definition) is 4. The van der Waals surface area contributed by atoms with Crippen LogP contribution in [0, 0.1) is 0 Å². The number of aliphatic imine (C=N–C) groups is 1. The molecule has 1 aliphatic heterocycles. The fourth-order valence-corrected chi connectivity index (χ4v) is 3.54. The summed E-state index contributed by atoms with van der Waals surface area (Å²) in [6.07, 6.45) is 1.89. The SMILES string of the molecule is CN=C(NCc1ccnc(N2CCN(C)CC2)c1)N(C)Cc1cccc(Cl)c1.I. The summed E-state index contributed by atoms with van der Waals surface area (Å²) in [6, 6.07) is 12.1. The largest absolute Gasteiger partial charge is 0.354 e. The second kappa shape index (κ2) is 11.6. The van der Waals surface area contributed by atoms with Gasteiger partial charge in [0, 0.05) is 64.6 Å². The fourth-order valence-electron chi connectivity index (χ4n) is 3.33. The van der Waals surface area contributed by atoms with Crippen molar-refractivity contribution in [1.29, 1.82) is 0 Å². The zero-order chi connectivity index (χ0) is 19.9. The predicted octanol–water partition coefficient (Wildman–Crippen LogP) is 3.31. The summed E-state index contributed by atoms with van der Waals surface area (Å²) >= 11 is 6.09. The highest BCUT2D eigenvalue weighted by atomic mass is 127. The number of aromatic nitrogens is 1. The molecule has 1 aliphatic rings. The van der Waals surface area contributed by atoms with E-state index in [9.17, 15) is 0 Å². The number of anilines is 1. The van der Waals surface area contributed by atoms with Crippen molar-refractivity contribution in [1.82, 2.24) is 20.1 Å². The molecule has 1 saturated heterocycles. The molecule has 1 aromatic carbocycles. The average Bonchev–Trinajstić information content (AvgIpc) is 2.69. The van der Waals surface area contributed by atoms with Gasteiger partial charge < -0.3 is 20.0 Å². The van der Waals surface area contributed by atoms with Crippen LogP contribution in [0.15, 0.2) is 47.6 Å². The summed E-state index contributed by atoms with van der Waals surface area (Å²) in [7, 11) is 5.99. The van der Waals surface area contributed by atoms with E-state index in [4.69, 9.17) is 11.6 Å². The summed E-state index contributed by atoms with van der Waals surface area (Å²) in [5, 5.41) is 4.20. The number of hydrogen-bond donors (Lipinski definition) is 1. The minimum Gasteiger partial charge on any atom is -0.354 e. The van der Waals surface area contributed by atoms with Gasteiger partial charge in [0.25, 0.3) is 0 Å². The fraction of sp³-hybridized carbons (Fsp3) is 0.429. The third-order valence-corrected chi connectivity index (χ3v) is 5.21. The van der Waals surface area contributed by atoms with E-state index < -0.39 is 0 Å². The molecule has 0 aliphatic carbocycles.